The Labute approximate surface area is 153 Å². The minimum absolute atomic E-state index is 0.0431. The molecule has 0 saturated carbocycles. The fourth-order valence-corrected chi connectivity index (χ4v) is 2.89. The van der Waals surface area contributed by atoms with Gasteiger partial charge in [-0.1, -0.05) is 13.8 Å². The lowest BCUT2D eigenvalue weighted by Crippen LogP contribution is -2.44. The molecule has 1 amide bonds. The minimum Gasteiger partial charge on any atom is -0.368 e. The van der Waals surface area contributed by atoms with Crippen LogP contribution >= 0.6 is 0 Å². The van der Waals surface area contributed by atoms with Gasteiger partial charge in [-0.15, -0.1) is 0 Å². The molecule has 0 spiro atoms. The van der Waals surface area contributed by atoms with Crippen molar-refractivity contribution >= 4 is 11.9 Å². The van der Waals surface area contributed by atoms with Gasteiger partial charge in [-0.2, -0.15) is 0 Å². The third kappa shape index (κ3) is 3.80. The molecule has 0 aliphatic carbocycles. The van der Waals surface area contributed by atoms with E-state index in [9.17, 15) is 4.79 Å². The van der Waals surface area contributed by atoms with Crippen molar-refractivity contribution in [2.75, 3.05) is 38.7 Å². The van der Waals surface area contributed by atoms with E-state index in [-0.39, 0.29) is 17.9 Å². The largest absolute Gasteiger partial charge is 0.368 e. The number of hydrogen-bond donors (Lipinski definition) is 0. The van der Waals surface area contributed by atoms with Gasteiger partial charge in [0, 0.05) is 56.3 Å². The second-order valence-corrected chi connectivity index (χ2v) is 6.79. The van der Waals surface area contributed by atoms with E-state index in [2.05, 4.69) is 15.0 Å². The van der Waals surface area contributed by atoms with Crippen molar-refractivity contribution in [3.8, 4) is 11.1 Å². The average Bonchev–Trinajstić information content (AvgIpc) is 2.67. The number of carbonyl (C=O) groups excluding carboxylic acids is 1. The number of ether oxygens (including phenoxy) is 1. The maximum atomic E-state index is 12.4. The highest BCUT2D eigenvalue weighted by atomic mass is 16.5. The second-order valence-electron chi connectivity index (χ2n) is 6.79. The topological polar surface area (TPSA) is 84.3 Å². The van der Waals surface area contributed by atoms with E-state index in [1.165, 1.54) is 6.33 Å². The van der Waals surface area contributed by atoms with Gasteiger partial charge < -0.3 is 14.5 Å². The van der Waals surface area contributed by atoms with Crippen LogP contribution in [0.15, 0.2) is 24.9 Å². The number of anilines is 1. The molecule has 2 aromatic rings. The van der Waals surface area contributed by atoms with Crippen LogP contribution in [0.1, 0.15) is 25.6 Å². The van der Waals surface area contributed by atoms with E-state index < -0.39 is 0 Å². The molecule has 0 N–H and O–H groups in total. The molecule has 3 heterocycles. The summed E-state index contributed by atoms with van der Waals surface area (Å²) in [5.74, 6) is 0.680. The first-order valence-electron chi connectivity index (χ1n) is 8.67. The van der Waals surface area contributed by atoms with Gasteiger partial charge in [0.15, 0.2) is 0 Å². The Morgan fingerprint density at radius 1 is 1.27 bits per heavy atom. The summed E-state index contributed by atoms with van der Waals surface area (Å²) in [5.41, 5.74) is 2.39. The third-order valence-electron chi connectivity index (χ3n) is 4.25. The van der Waals surface area contributed by atoms with Crippen LogP contribution in [0.3, 0.4) is 0 Å². The van der Waals surface area contributed by atoms with Gasteiger partial charge in [-0.25, -0.2) is 19.9 Å². The molecular weight excluding hydrogens is 332 g/mol. The molecule has 1 fully saturated rings. The summed E-state index contributed by atoms with van der Waals surface area (Å²) in [6.45, 7) is 5.38. The zero-order valence-corrected chi connectivity index (χ0v) is 15.6. The van der Waals surface area contributed by atoms with Gasteiger partial charge >= 0.3 is 0 Å². The number of rotatable bonds is 4. The van der Waals surface area contributed by atoms with Crippen molar-refractivity contribution in [2.45, 2.75) is 20.0 Å². The molecule has 1 aliphatic rings. The molecule has 1 aliphatic heterocycles. The minimum atomic E-state index is -0.316. The Balaban J connectivity index is 1.99. The van der Waals surface area contributed by atoms with Gasteiger partial charge in [0.1, 0.15) is 12.4 Å². The molecule has 8 nitrogen and oxygen atoms in total. The number of hydrogen-bond acceptors (Lipinski definition) is 7. The summed E-state index contributed by atoms with van der Waals surface area (Å²) in [5, 5.41) is 0. The van der Waals surface area contributed by atoms with E-state index in [1.54, 1.807) is 18.6 Å². The number of nitrogens with zero attached hydrogens (tertiary/aromatic N) is 6. The summed E-state index contributed by atoms with van der Waals surface area (Å²) < 4.78 is 5.98. The summed E-state index contributed by atoms with van der Waals surface area (Å²) in [6.07, 6.45) is 6.39. The Morgan fingerprint density at radius 2 is 2.00 bits per heavy atom. The van der Waals surface area contributed by atoms with Crippen molar-refractivity contribution in [1.29, 1.82) is 0 Å². The smallest absolute Gasteiger partial charge is 0.225 e. The molecular formula is C18H24N6O2. The van der Waals surface area contributed by atoms with Gasteiger partial charge in [-0.3, -0.25) is 4.79 Å². The molecule has 2 aromatic heterocycles. The first-order chi connectivity index (χ1) is 12.5. The standard InChI is InChI=1S/C18H24N6O2/c1-12(2)17(25)24-5-6-26-15(10-24)16-14(13-7-19-11-20-8-13)9-21-18(22-16)23(3)4/h7-9,11-12,15H,5-6,10H2,1-4H3/t15-/m1/s1. The molecule has 1 atom stereocenters. The quantitative estimate of drug-likeness (QED) is 0.822. The summed E-state index contributed by atoms with van der Waals surface area (Å²) >= 11 is 0. The van der Waals surface area contributed by atoms with Crippen LogP contribution in [0, 0.1) is 5.92 Å². The van der Waals surface area contributed by atoms with Crippen LogP contribution in [0.5, 0.6) is 0 Å². The van der Waals surface area contributed by atoms with Crippen molar-refractivity contribution < 1.29 is 9.53 Å². The average molecular weight is 356 g/mol. The highest BCUT2D eigenvalue weighted by Gasteiger charge is 2.30. The summed E-state index contributed by atoms with van der Waals surface area (Å²) in [6, 6.07) is 0. The van der Waals surface area contributed by atoms with Crippen molar-refractivity contribution in [2.24, 2.45) is 5.92 Å². The second kappa shape index (κ2) is 7.74. The zero-order chi connectivity index (χ0) is 18.7. The lowest BCUT2D eigenvalue weighted by Gasteiger charge is -2.34. The van der Waals surface area contributed by atoms with Crippen LogP contribution in [0.2, 0.25) is 0 Å². The van der Waals surface area contributed by atoms with Gasteiger partial charge in [-0.05, 0) is 0 Å². The molecule has 0 aromatic carbocycles. The number of amides is 1. The number of carbonyl (C=O) groups is 1. The van der Waals surface area contributed by atoms with E-state index in [0.717, 1.165) is 16.8 Å². The summed E-state index contributed by atoms with van der Waals surface area (Å²) in [4.78, 5) is 33.4. The monoisotopic (exact) mass is 356 g/mol. The molecule has 0 bridgehead atoms. The Morgan fingerprint density at radius 3 is 2.65 bits per heavy atom. The predicted molar refractivity (Wildman–Crippen MR) is 97.5 cm³/mol. The van der Waals surface area contributed by atoms with E-state index in [4.69, 9.17) is 9.72 Å². The predicted octanol–water partition coefficient (Wildman–Crippen LogP) is 1.56. The maximum absolute atomic E-state index is 12.4. The Hall–Kier alpha value is -2.61. The SMILES string of the molecule is CC(C)C(=O)N1CCO[C@@H](c2nc(N(C)C)ncc2-c2cncnc2)C1. The van der Waals surface area contributed by atoms with Crippen molar-refractivity contribution in [3.05, 3.63) is 30.6 Å². The molecule has 3 rings (SSSR count). The first kappa shape index (κ1) is 18.2. The van der Waals surface area contributed by atoms with Gasteiger partial charge in [0.2, 0.25) is 11.9 Å². The fraction of sp³-hybridized carbons (Fsp3) is 0.500. The lowest BCUT2D eigenvalue weighted by molar-refractivity contribution is -0.142. The highest BCUT2D eigenvalue weighted by Crippen LogP contribution is 2.31. The molecule has 1 saturated heterocycles. The van der Waals surface area contributed by atoms with Crippen LogP contribution in [-0.2, 0) is 9.53 Å². The van der Waals surface area contributed by atoms with E-state index in [0.29, 0.717) is 25.6 Å². The zero-order valence-electron chi connectivity index (χ0n) is 15.6. The molecule has 26 heavy (non-hydrogen) atoms. The Bertz CT molecular complexity index is 766. The summed E-state index contributed by atoms with van der Waals surface area (Å²) in [7, 11) is 3.78. The Kier molecular flexibility index (Phi) is 5.41. The van der Waals surface area contributed by atoms with Crippen LogP contribution in [-0.4, -0.2) is 64.5 Å². The third-order valence-corrected chi connectivity index (χ3v) is 4.25. The first-order valence-corrected chi connectivity index (χ1v) is 8.67. The van der Waals surface area contributed by atoms with Gasteiger partial charge in [0.25, 0.3) is 0 Å². The molecule has 8 heteroatoms. The number of aromatic nitrogens is 4. The highest BCUT2D eigenvalue weighted by molar-refractivity contribution is 5.78. The lowest BCUT2D eigenvalue weighted by atomic mass is 10.0. The number of morpholine rings is 1. The van der Waals surface area contributed by atoms with Crippen molar-refractivity contribution in [3.63, 3.8) is 0 Å². The van der Waals surface area contributed by atoms with Crippen molar-refractivity contribution in [1.82, 2.24) is 24.8 Å². The van der Waals surface area contributed by atoms with E-state index in [1.807, 2.05) is 37.7 Å². The molecule has 0 unspecified atom stereocenters. The normalized spacial score (nSPS) is 17.4. The maximum Gasteiger partial charge on any atom is 0.225 e. The fourth-order valence-electron chi connectivity index (χ4n) is 2.89. The van der Waals surface area contributed by atoms with Crippen LogP contribution in [0.4, 0.5) is 5.95 Å². The van der Waals surface area contributed by atoms with Crippen LogP contribution < -0.4 is 4.90 Å². The van der Waals surface area contributed by atoms with Crippen LogP contribution in [0.25, 0.3) is 11.1 Å². The molecule has 138 valence electrons. The molecule has 0 radical (unpaired) electrons. The van der Waals surface area contributed by atoms with Gasteiger partial charge in [0.05, 0.1) is 18.8 Å². The van der Waals surface area contributed by atoms with E-state index >= 15 is 0 Å².